The third-order valence-corrected chi connectivity index (χ3v) is 5.37. The molecular formula is C19H22ClN5O3S. The van der Waals surface area contributed by atoms with Gasteiger partial charge in [-0.3, -0.25) is 14.7 Å². The SMILES string of the molecule is CC(N)=NCCNc1ccc(N2C[C@H](CNC(=O)c3ccc(Cl)s3)OC2=O)cc1. The normalized spacial score (nSPS) is 16.6. The van der Waals surface area contributed by atoms with E-state index in [1.165, 1.54) is 11.3 Å². The Morgan fingerprint density at radius 2 is 2.10 bits per heavy atom. The third-order valence-electron chi connectivity index (χ3n) is 4.14. The maximum Gasteiger partial charge on any atom is 0.414 e. The molecule has 1 fully saturated rings. The molecule has 0 saturated carbocycles. The fraction of sp³-hybridized carbons (Fsp3) is 0.316. The first-order valence-corrected chi connectivity index (χ1v) is 10.2. The van der Waals surface area contributed by atoms with Gasteiger partial charge in [-0.05, 0) is 43.3 Å². The van der Waals surface area contributed by atoms with Crippen LogP contribution in [0.5, 0.6) is 0 Å². The number of nitrogens with one attached hydrogen (secondary N) is 2. The Kier molecular flexibility index (Phi) is 6.95. The van der Waals surface area contributed by atoms with Gasteiger partial charge >= 0.3 is 6.09 Å². The van der Waals surface area contributed by atoms with Gasteiger partial charge in [-0.1, -0.05) is 11.6 Å². The molecule has 1 atom stereocenters. The molecule has 1 aliphatic heterocycles. The number of rotatable bonds is 8. The zero-order valence-corrected chi connectivity index (χ0v) is 17.4. The van der Waals surface area contributed by atoms with Crippen molar-refractivity contribution in [3.05, 3.63) is 45.6 Å². The van der Waals surface area contributed by atoms with Gasteiger partial charge in [0, 0.05) is 17.9 Å². The van der Waals surface area contributed by atoms with Gasteiger partial charge in [-0.25, -0.2) is 4.79 Å². The van der Waals surface area contributed by atoms with Crippen molar-refractivity contribution in [1.29, 1.82) is 0 Å². The summed E-state index contributed by atoms with van der Waals surface area (Å²) >= 11 is 7.05. The van der Waals surface area contributed by atoms with Crippen LogP contribution in [-0.2, 0) is 4.74 Å². The van der Waals surface area contributed by atoms with E-state index in [0.717, 1.165) is 11.4 Å². The maximum atomic E-state index is 12.2. The maximum absolute atomic E-state index is 12.2. The highest BCUT2D eigenvalue weighted by molar-refractivity contribution is 7.18. The van der Waals surface area contributed by atoms with Gasteiger partial charge in [0.2, 0.25) is 0 Å². The topological polar surface area (TPSA) is 109 Å². The molecule has 0 spiro atoms. The Morgan fingerprint density at radius 1 is 1.34 bits per heavy atom. The van der Waals surface area contributed by atoms with Gasteiger partial charge in [-0.2, -0.15) is 0 Å². The van der Waals surface area contributed by atoms with E-state index < -0.39 is 12.2 Å². The van der Waals surface area contributed by atoms with E-state index in [1.807, 2.05) is 24.3 Å². The van der Waals surface area contributed by atoms with Gasteiger partial charge in [0.05, 0.1) is 34.7 Å². The van der Waals surface area contributed by atoms with Crippen molar-refractivity contribution in [2.24, 2.45) is 10.7 Å². The third kappa shape index (κ3) is 5.85. The van der Waals surface area contributed by atoms with Crippen LogP contribution in [0.1, 0.15) is 16.6 Å². The van der Waals surface area contributed by atoms with Crippen molar-refractivity contribution in [1.82, 2.24) is 5.32 Å². The molecule has 2 heterocycles. The number of hydrogen-bond acceptors (Lipinski definition) is 6. The van der Waals surface area contributed by atoms with E-state index in [4.69, 9.17) is 22.1 Å². The molecule has 0 aliphatic carbocycles. The second-order valence-electron chi connectivity index (χ2n) is 6.43. The molecule has 154 valence electrons. The molecule has 10 heteroatoms. The molecule has 8 nitrogen and oxygen atoms in total. The number of thiophene rings is 1. The number of anilines is 2. The zero-order valence-electron chi connectivity index (χ0n) is 15.9. The van der Waals surface area contributed by atoms with E-state index in [2.05, 4.69) is 15.6 Å². The van der Waals surface area contributed by atoms with Crippen LogP contribution in [0.4, 0.5) is 16.2 Å². The summed E-state index contributed by atoms with van der Waals surface area (Å²) in [6, 6.07) is 10.8. The molecule has 3 rings (SSSR count). The Labute approximate surface area is 177 Å². The van der Waals surface area contributed by atoms with E-state index >= 15 is 0 Å². The first-order chi connectivity index (χ1) is 13.9. The lowest BCUT2D eigenvalue weighted by Gasteiger charge is -2.14. The fourth-order valence-corrected chi connectivity index (χ4v) is 3.72. The summed E-state index contributed by atoms with van der Waals surface area (Å²) in [6.45, 7) is 3.60. The van der Waals surface area contributed by atoms with Gasteiger partial charge < -0.3 is 21.1 Å². The quantitative estimate of drug-likeness (QED) is 0.335. The van der Waals surface area contributed by atoms with Crippen molar-refractivity contribution < 1.29 is 14.3 Å². The van der Waals surface area contributed by atoms with Crippen molar-refractivity contribution in [3.63, 3.8) is 0 Å². The lowest BCUT2D eigenvalue weighted by molar-refractivity contribution is 0.0920. The second-order valence-corrected chi connectivity index (χ2v) is 8.14. The van der Waals surface area contributed by atoms with Crippen molar-refractivity contribution in [2.75, 3.05) is 36.4 Å². The number of cyclic esters (lactones) is 1. The number of nitrogens with zero attached hydrogens (tertiary/aromatic N) is 2. The summed E-state index contributed by atoms with van der Waals surface area (Å²) in [7, 11) is 0. The number of amides is 2. The molecule has 1 saturated heterocycles. The predicted molar refractivity (Wildman–Crippen MR) is 116 cm³/mol. The molecule has 4 N–H and O–H groups in total. The van der Waals surface area contributed by atoms with Crippen LogP contribution in [-0.4, -0.2) is 50.1 Å². The molecule has 0 bridgehead atoms. The van der Waals surface area contributed by atoms with Gasteiger partial charge in [0.25, 0.3) is 5.91 Å². The summed E-state index contributed by atoms with van der Waals surface area (Å²) < 4.78 is 5.91. The largest absolute Gasteiger partial charge is 0.442 e. The van der Waals surface area contributed by atoms with Crippen LogP contribution < -0.4 is 21.3 Å². The number of amidine groups is 1. The number of benzene rings is 1. The number of halogens is 1. The number of carbonyl (C=O) groups is 2. The fourth-order valence-electron chi connectivity index (χ4n) is 2.76. The predicted octanol–water partition coefficient (Wildman–Crippen LogP) is 2.95. The zero-order chi connectivity index (χ0) is 20.8. The van der Waals surface area contributed by atoms with Crippen LogP contribution in [0.3, 0.4) is 0 Å². The molecule has 2 amide bonds. The van der Waals surface area contributed by atoms with Crippen molar-refractivity contribution >= 4 is 52.1 Å². The number of hydrogen-bond donors (Lipinski definition) is 3. The summed E-state index contributed by atoms with van der Waals surface area (Å²) in [5.74, 6) is 0.320. The lowest BCUT2D eigenvalue weighted by atomic mass is 10.2. The monoisotopic (exact) mass is 435 g/mol. The smallest absolute Gasteiger partial charge is 0.414 e. The van der Waals surface area contributed by atoms with Crippen molar-refractivity contribution in [3.8, 4) is 0 Å². The summed E-state index contributed by atoms with van der Waals surface area (Å²) in [5.41, 5.74) is 7.15. The average molecular weight is 436 g/mol. The Morgan fingerprint density at radius 3 is 2.76 bits per heavy atom. The van der Waals surface area contributed by atoms with E-state index in [1.54, 1.807) is 24.0 Å². The van der Waals surface area contributed by atoms with Crippen LogP contribution in [0.15, 0.2) is 41.4 Å². The highest BCUT2D eigenvalue weighted by Gasteiger charge is 2.32. The Hall–Kier alpha value is -2.78. The van der Waals surface area contributed by atoms with Gasteiger partial charge in [0.1, 0.15) is 6.10 Å². The van der Waals surface area contributed by atoms with E-state index in [0.29, 0.717) is 34.7 Å². The number of aliphatic imine (C=N–C) groups is 1. The standard InChI is InChI=1S/C19H22ClN5O3S/c1-12(21)22-8-9-23-13-2-4-14(5-3-13)25-11-15(28-19(25)27)10-24-18(26)16-6-7-17(20)29-16/h2-7,15,23H,8-11H2,1H3,(H2,21,22)(H,24,26)/t15-/m0/s1. The Bertz CT molecular complexity index is 896. The average Bonchev–Trinajstić information content (AvgIpc) is 3.29. The molecule has 0 radical (unpaired) electrons. The molecule has 1 aromatic carbocycles. The molecule has 29 heavy (non-hydrogen) atoms. The first-order valence-electron chi connectivity index (χ1n) is 9.04. The van der Waals surface area contributed by atoms with E-state index in [9.17, 15) is 9.59 Å². The van der Waals surface area contributed by atoms with Crippen LogP contribution >= 0.6 is 22.9 Å². The minimum atomic E-state index is -0.433. The molecule has 1 aliphatic rings. The van der Waals surface area contributed by atoms with Crippen LogP contribution in [0, 0.1) is 0 Å². The number of ether oxygens (including phenoxy) is 1. The highest BCUT2D eigenvalue weighted by atomic mass is 35.5. The minimum Gasteiger partial charge on any atom is -0.442 e. The molecule has 2 aromatic rings. The number of nitrogens with two attached hydrogens (primary N) is 1. The van der Waals surface area contributed by atoms with Crippen LogP contribution in [0.25, 0.3) is 0 Å². The molecule has 0 unspecified atom stereocenters. The van der Waals surface area contributed by atoms with E-state index in [-0.39, 0.29) is 12.5 Å². The summed E-state index contributed by atoms with van der Waals surface area (Å²) in [6.07, 6.45) is -0.853. The lowest BCUT2D eigenvalue weighted by Crippen LogP contribution is -2.34. The van der Waals surface area contributed by atoms with Crippen molar-refractivity contribution in [2.45, 2.75) is 13.0 Å². The van der Waals surface area contributed by atoms with Crippen LogP contribution in [0.2, 0.25) is 4.34 Å². The molecule has 1 aromatic heterocycles. The van der Waals surface area contributed by atoms with Gasteiger partial charge in [-0.15, -0.1) is 11.3 Å². The first kappa shape index (κ1) is 20.9. The number of carbonyl (C=O) groups excluding carboxylic acids is 2. The highest BCUT2D eigenvalue weighted by Crippen LogP contribution is 2.24. The van der Waals surface area contributed by atoms with Gasteiger partial charge in [0.15, 0.2) is 0 Å². The summed E-state index contributed by atoms with van der Waals surface area (Å²) in [4.78, 5) is 30.5. The minimum absolute atomic E-state index is 0.233. The summed E-state index contributed by atoms with van der Waals surface area (Å²) in [5, 5.41) is 6.01. The molecular weight excluding hydrogens is 414 g/mol. The Balaban J connectivity index is 1.49. The second kappa shape index (κ2) is 9.62.